The van der Waals surface area contributed by atoms with Gasteiger partial charge in [-0.05, 0) is 34.1 Å². The minimum Gasteiger partial charge on any atom is -0.354 e. The van der Waals surface area contributed by atoms with Gasteiger partial charge in [-0.1, -0.05) is 13.3 Å². The highest BCUT2D eigenvalue weighted by Crippen LogP contribution is 2.24. The SMILES string of the molecule is CCCC1N(C(C)C)C=CN1C(C)C. The van der Waals surface area contributed by atoms with Crippen molar-refractivity contribution in [1.82, 2.24) is 9.80 Å². The Balaban J connectivity index is 2.69. The fourth-order valence-electron chi connectivity index (χ4n) is 2.10. The van der Waals surface area contributed by atoms with Gasteiger partial charge in [-0.2, -0.15) is 0 Å². The third kappa shape index (κ3) is 2.23. The summed E-state index contributed by atoms with van der Waals surface area (Å²) in [6, 6.07) is 1.21. The molecule has 1 rings (SSSR count). The molecule has 82 valence electrons. The fourth-order valence-corrected chi connectivity index (χ4v) is 2.10. The molecule has 0 amide bonds. The molecular weight excluding hydrogens is 172 g/mol. The van der Waals surface area contributed by atoms with Gasteiger partial charge in [-0.15, -0.1) is 0 Å². The van der Waals surface area contributed by atoms with Crippen LogP contribution in [0.15, 0.2) is 12.4 Å². The summed E-state index contributed by atoms with van der Waals surface area (Å²) < 4.78 is 0. The monoisotopic (exact) mass is 196 g/mol. The first-order valence-corrected chi connectivity index (χ1v) is 5.81. The van der Waals surface area contributed by atoms with Crippen molar-refractivity contribution in [3.8, 4) is 0 Å². The van der Waals surface area contributed by atoms with E-state index in [2.05, 4.69) is 56.8 Å². The van der Waals surface area contributed by atoms with Crippen molar-refractivity contribution < 1.29 is 0 Å². The molecule has 2 heteroatoms. The molecule has 1 heterocycles. The molecule has 0 saturated carbocycles. The predicted molar refractivity (Wildman–Crippen MR) is 61.8 cm³/mol. The second-order valence-corrected chi connectivity index (χ2v) is 4.65. The summed E-state index contributed by atoms with van der Waals surface area (Å²) in [6.07, 6.45) is 7.57. The molecule has 2 nitrogen and oxygen atoms in total. The standard InChI is InChI=1S/C12H24N2/c1-6-7-12-13(10(2)3)8-9-14(12)11(4)5/h8-12H,6-7H2,1-5H3. The Hall–Kier alpha value is -0.660. The van der Waals surface area contributed by atoms with Crippen LogP contribution in [0.5, 0.6) is 0 Å². The van der Waals surface area contributed by atoms with Crippen LogP contribution in [0.4, 0.5) is 0 Å². The molecule has 0 atom stereocenters. The summed E-state index contributed by atoms with van der Waals surface area (Å²) in [7, 11) is 0. The average molecular weight is 196 g/mol. The van der Waals surface area contributed by atoms with E-state index in [0.717, 1.165) is 0 Å². The lowest BCUT2D eigenvalue weighted by atomic mass is 10.2. The zero-order chi connectivity index (χ0) is 10.7. The maximum absolute atomic E-state index is 2.46. The highest BCUT2D eigenvalue weighted by molar-refractivity contribution is 4.99. The van der Waals surface area contributed by atoms with E-state index in [9.17, 15) is 0 Å². The third-order valence-electron chi connectivity index (χ3n) is 2.84. The van der Waals surface area contributed by atoms with Crippen molar-refractivity contribution in [2.45, 2.75) is 65.7 Å². The molecule has 1 aliphatic rings. The quantitative estimate of drug-likeness (QED) is 0.682. The van der Waals surface area contributed by atoms with Crippen LogP contribution in [0.3, 0.4) is 0 Å². The van der Waals surface area contributed by atoms with Crippen LogP contribution in [0.2, 0.25) is 0 Å². The molecule has 0 spiro atoms. The van der Waals surface area contributed by atoms with Gasteiger partial charge in [-0.25, -0.2) is 0 Å². The average Bonchev–Trinajstić information content (AvgIpc) is 2.48. The molecule has 0 radical (unpaired) electrons. The molecule has 0 unspecified atom stereocenters. The summed E-state index contributed by atoms with van der Waals surface area (Å²) in [5, 5.41) is 0. The molecule has 14 heavy (non-hydrogen) atoms. The van der Waals surface area contributed by atoms with Gasteiger partial charge in [0.25, 0.3) is 0 Å². The van der Waals surface area contributed by atoms with Crippen molar-refractivity contribution >= 4 is 0 Å². The predicted octanol–water partition coefficient (Wildman–Crippen LogP) is 3.02. The molecule has 0 aromatic rings. The molecule has 1 aliphatic heterocycles. The van der Waals surface area contributed by atoms with Gasteiger partial charge in [0.05, 0.1) is 0 Å². The Labute approximate surface area is 88.6 Å². The second kappa shape index (κ2) is 4.72. The summed E-state index contributed by atoms with van der Waals surface area (Å²) >= 11 is 0. The topological polar surface area (TPSA) is 6.48 Å². The fraction of sp³-hybridized carbons (Fsp3) is 0.833. The van der Waals surface area contributed by atoms with Crippen molar-refractivity contribution in [1.29, 1.82) is 0 Å². The van der Waals surface area contributed by atoms with Gasteiger partial charge >= 0.3 is 0 Å². The van der Waals surface area contributed by atoms with Crippen molar-refractivity contribution in [3.63, 3.8) is 0 Å². The molecule has 0 bridgehead atoms. The lowest BCUT2D eigenvalue weighted by Crippen LogP contribution is -2.44. The van der Waals surface area contributed by atoms with Crippen molar-refractivity contribution in [2.75, 3.05) is 0 Å². The van der Waals surface area contributed by atoms with Crippen LogP contribution in [-0.2, 0) is 0 Å². The Morgan fingerprint density at radius 3 is 1.71 bits per heavy atom. The van der Waals surface area contributed by atoms with E-state index in [1.807, 2.05) is 0 Å². The maximum Gasteiger partial charge on any atom is 0.101 e. The van der Waals surface area contributed by atoms with Gasteiger partial charge in [0.1, 0.15) is 6.17 Å². The number of nitrogens with zero attached hydrogens (tertiary/aromatic N) is 2. The Morgan fingerprint density at radius 1 is 1.00 bits per heavy atom. The van der Waals surface area contributed by atoms with E-state index in [1.165, 1.54) is 12.8 Å². The highest BCUT2D eigenvalue weighted by atomic mass is 15.4. The van der Waals surface area contributed by atoms with Gasteiger partial charge in [0.2, 0.25) is 0 Å². The summed E-state index contributed by atoms with van der Waals surface area (Å²) in [5.74, 6) is 0. The highest BCUT2D eigenvalue weighted by Gasteiger charge is 2.28. The van der Waals surface area contributed by atoms with E-state index in [0.29, 0.717) is 18.2 Å². The van der Waals surface area contributed by atoms with Crippen LogP contribution >= 0.6 is 0 Å². The Morgan fingerprint density at radius 2 is 1.43 bits per heavy atom. The van der Waals surface area contributed by atoms with Crippen LogP contribution in [0.25, 0.3) is 0 Å². The zero-order valence-electron chi connectivity index (χ0n) is 10.2. The summed E-state index contributed by atoms with van der Waals surface area (Å²) in [6.45, 7) is 11.3. The van der Waals surface area contributed by atoms with Crippen LogP contribution < -0.4 is 0 Å². The number of rotatable bonds is 4. The normalized spacial score (nSPS) is 17.9. The third-order valence-corrected chi connectivity index (χ3v) is 2.84. The molecule has 0 N–H and O–H groups in total. The van der Waals surface area contributed by atoms with Crippen LogP contribution in [-0.4, -0.2) is 28.0 Å². The Kier molecular flexibility index (Phi) is 3.85. The lowest BCUT2D eigenvalue weighted by molar-refractivity contribution is 0.0965. The van der Waals surface area contributed by atoms with Gasteiger partial charge in [-0.3, -0.25) is 0 Å². The molecule has 0 saturated heterocycles. The maximum atomic E-state index is 2.46. The van der Waals surface area contributed by atoms with E-state index in [1.54, 1.807) is 0 Å². The van der Waals surface area contributed by atoms with Crippen LogP contribution in [0.1, 0.15) is 47.5 Å². The first-order valence-electron chi connectivity index (χ1n) is 5.81. The van der Waals surface area contributed by atoms with Gasteiger partial charge < -0.3 is 9.80 Å². The Bertz CT molecular complexity index is 178. The summed E-state index contributed by atoms with van der Waals surface area (Å²) in [5.41, 5.74) is 0. The second-order valence-electron chi connectivity index (χ2n) is 4.65. The minimum absolute atomic E-state index is 0.583. The van der Waals surface area contributed by atoms with Crippen molar-refractivity contribution in [3.05, 3.63) is 12.4 Å². The van der Waals surface area contributed by atoms with Crippen molar-refractivity contribution in [2.24, 2.45) is 0 Å². The van der Waals surface area contributed by atoms with Gasteiger partial charge in [0.15, 0.2) is 0 Å². The lowest BCUT2D eigenvalue weighted by Gasteiger charge is -2.37. The molecule has 0 aliphatic carbocycles. The molecular formula is C12H24N2. The van der Waals surface area contributed by atoms with E-state index in [4.69, 9.17) is 0 Å². The summed E-state index contributed by atoms with van der Waals surface area (Å²) in [4.78, 5) is 4.92. The first-order chi connectivity index (χ1) is 6.57. The number of hydrogen-bond acceptors (Lipinski definition) is 2. The van der Waals surface area contributed by atoms with Crippen LogP contribution in [0, 0.1) is 0 Å². The first kappa shape index (κ1) is 11.4. The van der Waals surface area contributed by atoms with E-state index >= 15 is 0 Å². The number of hydrogen-bond donors (Lipinski definition) is 0. The zero-order valence-corrected chi connectivity index (χ0v) is 10.2. The van der Waals surface area contributed by atoms with E-state index < -0.39 is 0 Å². The minimum atomic E-state index is 0.583. The molecule has 0 aromatic heterocycles. The largest absolute Gasteiger partial charge is 0.354 e. The molecule has 0 fully saturated rings. The van der Waals surface area contributed by atoms with Gasteiger partial charge in [0, 0.05) is 24.5 Å². The van der Waals surface area contributed by atoms with E-state index in [-0.39, 0.29) is 0 Å². The smallest absolute Gasteiger partial charge is 0.101 e. The molecule has 0 aromatic carbocycles.